The highest BCUT2D eigenvalue weighted by Crippen LogP contribution is 2.27. The second-order valence-corrected chi connectivity index (χ2v) is 3.83. The number of furan rings is 1. The van der Waals surface area contributed by atoms with Gasteiger partial charge in [-0.15, -0.1) is 0 Å². The van der Waals surface area contributed by atoms with Crippen molar-refractivity contribution in [2.24, 2.45) is 0 Å². The lowest BCUT2D eigenvalue weighted by Crippen LogP contribution is -1.87. The largest absolute Gasteiger partial charge is 0.461 e. The highest BCUT2D eigenvalue weighted by molar-refractivity contribution is 14.1. The minimum Gasteiger partial charge on any atom is -0.461 e. The van der Waals surface area contributed by atoms with Gasteiger partial charge in [0.05, 0.1) is 8.96 Å². The summed E-state index contributed by atoms with van der Waals surface area (Å²) in [4.78, 5) is 0. The van der Waals surface area contributed by atoms with Gasteiger partial charge in [-0.2, -0.15) is 0 Å². The second kappa shape index (κ2) is 2.94. The molecule has 1 heterocycles. The van der Waals surface area contributed by atoms with Gasteiger partial charge in [0, 0.05) is 6.07 Å². The highest BCUT2D eigenvalue weighted by Gasteiger charge is 2.13. The maximum absolute atomic E-state index is 13.4. The Kier molecular flexibility index (Phi) is 2.02. The fourth-order valence-corrected chi connectivity index (χ4v) is 1.66. The Balaban J connectivity index is 2.92. The number of aryl methyl sites for hydroxylation is 1. The van der Waals surface area contributed by atoms with Gasteiger partial charge in [0.2, 0.25) is 0 Å². The molecule has 0 aliphatic rings. The van der Waals surface area contributed by atoms with Gasteiger partial charge < -0.3 is 4.42 Å². The first kappa shape index (κ1) is 8.93. The lowest BCUT2D eigenvalue weighted by molar-refractivity contribution is 0.556. The molecule has 0 bridgehead atoms. The number of hydrogen-bond donors (Lipinski definition) is 0. The van der Waals surface area contributed by atoms with Crippen molar-refractivity contribution < 1.29 is 13.2 Å². The Morgan fingerprint density at radius 1 is 1.31 bits per heavy atom. The predicted octanol–water partition coefficient (Wildman–Crippen LogP) is 3.62. The highest BCUT2D eigenvalue weighted by atomic mass is 127. The van der Waals surface area contributed by atoms with Gasteiger partial charge in [0.1, 0.15) is 17.2 Å². The van der Waals surface area contributed by atoms with Crippen LogP contribution in [-0.2, 0) is 0 Å². The first-order chi connectivity index (χ1) is 6.09. The summed E-state index contributed by atoms with van der Waals surface area (Å²) < 4.78 is 31.5. The van der Waals surface area contributed by atoms with Gasteiger partial charge in [-0.1, -0.05) is 0 Å². The molecule has 1 nitrogen and oxygen atoms in total. The summed E-state index contributed by atoms with van der Waals surface area (Å²) in [5.41, 5.74) is 0.257. The summed E-state index contributed by atoms with van der Waals surface area (Å²) in [6, 6.07) is 2.76. The molecule has 0 aliphatic carbocycles. The van der Waals surface area contributed by atoms with Gasteiger partial charge in [0.25, 0.3) is 0 Å². The van der Waals surface area contributed by atoms with E-state index in [1.165, 1.54) is 6.07 Å². The molecule has 2 rings (SSSR count). The van der Waals surface area contributed by atoms with Crippen molar-refractivity contribution in [2.45, 2.75) is 6.92 Å². The SMILES string of the molecule is Cc1cc2c(F)c(I)c(F)cc2o1. The maximum Gasteiger partial charge on any atom is 0.150 e. The van der Waals surface area contributed by atoms with E-state index in [1.807, 2.05) is 0 Å². The van der Waals surface area contributed by atoms with E-state index in [0.717, 1.165) is 0 Å². The van der Waals surface area contributed by atoms with Crippen molar-refractivity contribution in [3.05, 3.63) is 33.1 Å². The quantitative estimate of drug-likeness (QED) is 0.534. The second-order valence-electron chi connectivity index (χ2n) is 2.76. The summed E-state index contributed by atoms with van der Waals surface area (Å²) in [5.74, 6) is -0.553. The number of benzene rings is 1. The fourth-order valence-electron chi connectivity index (χ4n) is 1.21. The van der Waals surface area contributed by atoms with Crippen LogP contribution in [0, 0.1) is 22.1 Å². The van der Waals surface area contributed by atoms with Crippen LogP contribution in [0.1, 0.15) is 5.76 Å². The Hall–Kier alpha value is -0.650. The molecule has 0 radical (unpaired) electrons. The van der Waals surface area contributed by atoms with E-state index in [2.05, 4.69) is 0 Å². The first-order valence-corrected chi connectivity index (χ1v) is 4.71. The molecular formula is C9H5F2IO. The molecule has 1 aromatic heterocycles. The van der Waals surface area contributed by atoms with Gasteiger partial charge in [-0.05, 0) is 35.6 Å². The van der Waals surface area contributed by atoms with Crippen LogP contribution in [0.25, 0.3) is 11.0 Å². The van der Waals surface area contributed by atoms with Crippen LogP contribution in [0.2, 0.25) is 0 Å². The molecule has 0 unspecified atom stereocenters. The van der Waals surface area contributed by atoms with Crippen molar-refractivity contribution in [3.63, 3.8) is 0 Å². The molecule has 2 aromatic rings. The average molecular weight is 294 g/mol. The molecule has 0 N–H and O–H groups in total. The van der Waals surface area contributed by atoms with Crippen LogP contribution in [0.15, 0.2) is 16.5 Å². The maximum atomic E-state index is 13.4. The predicted molar refractivity (Wildman–Crippen MR) is 53.6 cm³/mol. The third-order valence-electron chi connectivity index (χ3n) is 1.78. The van der Waals surface area contributed by atoms with Crippen molar-refractivity contribution in [1.29, 1.82) is 0 Å². The smallest absolute Gasteiger partial charge is 0.150 e. The zero-order chi connectivity index (χ0) is 9.59. The molecule has 0 aliphatic heterocycles. The minimum absolute atomic E-state index is 0.00546. The zero-order valence-electron chi connectivity index (χ0n) is 6.70. The summed E-state index contributed by atoms with van der Waals surface area (Å²) in [6.45, 7) is 1.70. The van der Waals surface area contributed by atoms with Gasteiger partial charge in [-0.25, -0.2) is 8.78 Å². The van der Waals surface area contributed by atoms with Crippen LogP contribution < -0.4 is 0 Å². The molecule has 0 atom stereocenters. The molecule has 0 saturated heterocycles. The summed E-state index contributed by atoms with van der Waals surface area (Å²) in [7, 11) is 0. The van der Waals surface area contributed by atoms with Crippen molar-refractivity contribution in [3.8, 4) is 0 Å². The minimum atomic E-state index is -0.583. The lowest BCUT2D eigenvalue weighted by atomic mass is 10.2. The van der Waals surface area contributed by atoms with Crippen LogP contribution in [0.3, 0.4) is 0 Å². The molecule has 68 valence electrons. The Morgan fingerprint density at radius 2 is 2.00 bits per heavy atom. The lowest BCUT2D eigenvalue weighted by Gasteiger charge is -1.96. The Bertz CT molecular complexity index is 476. The molecule has 13 heavy (non-hydrogen) atoms. The summed E-state index contributed by atoms with van der Waals surface area (Å²) in [6.07, 6.45) is 0. The summed E-state index contributed by atoms with van der Waals surface area (Å²) in [5, 5.41) is 0.336. The van der Waals surface area contributed by atoms with E-state index >= 15 is 0 Å². The van der Waals surface area contributed by atoms with E-state index in [9.17, 15) is 8.78 Å². The Morgan fingerprint density at radius 3 is 2.69 bits per heavy atom. The van der Waals surface area contributed by atoms with Crippen molar-refractivity contribution >= 4 is 33.6 Å². The van der Waals surface area contributed by atoms with Crippen LogP contribution in [0.4, 0.5) is 8.78 Å². The van der Waals surface area contributed by atoms with E-state index < -0.39 is 11.6 Å². The van der Waals surface area contributed by atoms with Gasteiger partial charge >= 0.3 is 0 Å². The molecular weight excluding hydrogens is 289 g/mol. The molecule has 4 heteroatoms. The molecule has 1 aromatic carbocycles. The molecule has 0 spiro atoms. The number of fused-ring (bicyclic) bond motifs is 1. The molecule has 0 fully saturated rings. The van der Waals surface area contributed by atoms with Gasteiger partial charge in [0.15, 0.2) is 5.82 Å². The number of hydrogen-bond acceptors (Lipinski definition) is 1. The standard InChI is InChI=1S/C9H5F2IO/c1-4-2-5-7(13-4)3-6(10)9(12)8(5)11/h2-3H,1H3. The molecule has 0 amide bonds. The van der Waals surface area contributed by atoms with E-state index in [4.69, 9.17) is 4.42 Å². The Labute approximate surface area is 86.9 Å². The van der Waals surface area contributed by atoms with E-state index in [0.29, 0.717) is 11.1 Å². The monoisotopic (exact) mass is 294 g/mol. The van der Waals surface area contributed by atoms with E-state index in [1.54, 1.807) is 35.6 Å². The van der Waals surface area contributed by atoms with Crippen LogP contribution >= 0.6 is 22.6 Å². The van der Waals surface area contributed by atoms with Crippen LogP contribution in [-0.4, -0.2) is 0 Å². The number of halogens is 3. The van der Waals surface area contributed by atoms with Crippen molar-refractivity contribution in [2.75, 3.05) is 0 Å². The normalized spacial score (nSPS) is 11.1. The third-order valence-corrected chi connectivity index (χ3v) is 2.77. The molecule has 0 saturated carbocycles. The fraction of sp³-hybridized carbons (Fsp3) is 0.111. The average Bonchev–Trinajstić information content (AvgIpc) is 2.42. The number of rotatable bonds is 0. The summed E-state index contributed by atoms with van der Waals surface area (Å²) >= 11 is 1.63. The van der Waals surface area contributed by atoms with Crippen LogP contribution in [0.5, 0.6) is 0 Å². The topological polar surface area (TPSA) is 13.1 Å². The zero-order valence-corrected chi connectivity index (χ0v) is 8.85. The van der Waals surface area contributed by atoms with Crippen molar-refractivity contribution in [1.82, 2.24) is 0 Å². The third kappa shape index (κ3) is 1.33. The first-order valence-electron chi connectivity index (χ1n) is 3.63. The van der Waals surface area contributed by atoms with E-state index in [-0.39, 0.29) is 9.15 Å². The van der Waals surface area contributed by atoms with Gasteiger partial charge in [-0.3, -0.25) is 0 Å².